The van der Waals surface area contributed by atoms with Crippen LogP contribution < -0.4 is 0 Å². The van der Waals surface area contributed by atoms with E-state index in [1.165, 1.54) is 60.3 Å². The van der Waals surface area contributed by atoms with Crippen LogP contribution in [-0.2, 0) is 0 Å². The predicted octanol–water partition coefficient (Wildman–Crippen LogP) is 14.8. The smallest absolute Gasteiger partial charge is 0.160 e. The third-order valence-corrected chi connectivity index (χ3v) is 12.5. The third-order valence-electron chi connectivity index (χ3n) is 12.5. The lowest BCUT2D eigenvalue weighted by atomic mass is 9.89. The maximum absolute atomic E-state index is 5.24. The number of aromatic nitrogens is 4. The van der Waals surface area contributed by atoms with Gasteiger partial charge in [-0.1, -0.05) is 170 Å². The molecule has 1 unspecified atom stereocenters. The molecular weight excluding hydrogens is 753 g/mol. The zero-order chi connectivity index (χ0) is 41.0. The fourth-order valence-corrected chi connectivity index (χ4v) is 9.41. The molecule has 0 saturated heterocycles. The van der Waals surface area contributed by atoms with Gasteiger partial charge in [-0.25, -0.2) is 9.97 Å². The molecule has 11 aromatic rings. The van der Waals surface area contributed by atoms with Crippen molar-refractivity contribution in [2.45, 2.75) is 12.3 Å². The van der Waals surface area contributed by atoms with E-state index in [1.54, 1.807) is 0 Å². The third kappa shape index (κ3) is 6.15. The van der Waals surface area contributed by atoms with E-state index in [0.717, 1.165) is 51.7 Å². The average molecular weight is 793 g/mol. The van der Waals surface area contributed by atoms with Crippen LogP contribution in [-0.4, -0.2) is 19.1 Å². The minimum Gasteiger partial charge on any atom is -0.309 e. The van der Waals surface area contributed by atoms with Crippen LogP contribution in [0, 0.1) is 0 Å². The van der Waals surface area contributed by atoms with Gasteiger partial charge < -0.3 is 9.13 Å². The van der Waals surface area contributed by atoms with Gasteiger partial charge in [0.05, 0.1) is 33.5 Å². The second-order valence-corrected chi connectivity index (χ2v) is 16.2. The van der Waals surface area contributed by atoms with Crippen LogP contribution in [0.1, 0.15) is 23.7 Å². The lowest BCUT2D eigenvalue weighted by Crippen LogP contribution is -2.03. The van der Waals surface area contributed by atoms with Crippen LogP contribution in [0.4, 0.5) is 0 Å². The fraction of sp³-hybridized carbons (Fsp3) is 0.0345. The van der Waals surface area contributed by atoms with Gasteiger partial charge in [0.2, 0.25) is 0 Å². The Hall–Kier alpha value is -8.08. The predicted molar refractivity (Wildman–Crippen MR) is 258 cm³/mol. The second-order valence-electron chi connectivity index (χ2n) is 16.2. The van der Waals surface area contributed by atoms with Gasteiger partial charge >= 0.3 is 0 Å². The zero-order valence-corrected chi connectivity index (χ0v) is 33.9. The molecule has 0 radical (unpaired) electrons. The number of fused-ring (bicyclic) bond motifs is 6. The summed E-state index contributed by atoms with van der Waals surface area (Å²) in [5, 5.41) is 4.97. The second kappa shape index (κ2) is 14.9. The number of rotatable bonds is 7. The van der Waals surface area contributed by atoms with Crippen molar-refractivity contribution in [3.8, 4) is 45.0 Å². The summed E-state index contributed by atoms with van der Waals surface area (Å²) in [4.78, 5) is 10.4. The first-order valence-electron chi connectivity index (χ1n) is 21.3. The molecule has 0 amide bonds. The van der Waals surface area contributed by atoms with Gasteiger partial charge in [0.15, 0.2) is 5.82 Å². The molecule has 4 nitrogen and oxygen atoms in total. The lowest BCUT2D eigenvalue weighted by Gasteiger charge is -2.18. The summed E-state index contributed by atoms with van der Waals surface area (Å²) in [6.07, 6.45) is 7.69. The Kier molecular flexibility index (Phi) is 8.60. The molecule has 12 rings (SSSR count). The van der Waals surface area contributed by atoms with Gasteiger partial charge in [-0.05, 0) is 77.7 Å². The molecule has 1 atom stereocenters. The molecule has 62 heavy (non-hydrogen) atoms. The molecule has 0 N–H and O–H groups in total. The van der Waals surface area contributed by atoms with Gasteiger partial charge in [0.1, 0.15) is 0 Å². The minimum atomic E-state index is 0.298. The molecule has 292 valence electrons. The van der Waals surface area contributed by atoms with Crippen LogP contribution in [0.5, 0.6) is 0 Å². The van der Waals surface area contributed by atoms with Crippen molar-refractivity contribution in [3.05, 3.63) is 236 Å². The fourth-order valence-electron chi connectivity index (χ4n) is 9.41. The molecular formula is C58H40N4. The summed E-state index contributed by atoms with van der Waals surface area (Å²) in [6, 6.07) is 73.9. The van der Waals surface area contributed by atoms with E-state index in [9.17, 15) is 0 Å². The number of allylic oxidation sites excluding steroid dienone is 4. The lowest BCUT2D eigenvalue weighted by molar-refractivity contribution is 0.854. The number of hydrogen-bond donors (Lipinski definition) is 0. The Bertz CT molecular complexity index is 3500. The quantitative estimate of drug-likeness (QED) is 0.161. The van der Waals surface area contributed by atoms with Crippen molar-refractivity contribution in [1.29, 1.82) is 0 Å². The van der Waals surface area contributed by atoms with Crippen LogP contribution >= 0.6 is 0 Å². The number of hydrogen-bond acceptors (Lipinski definition) is 2. The Morgan fingerprint density at radius 3 is 1.45 bits per heavy atom. The molecule has 3 heterocycles. The molecule has 0 fully saturated rings. The molecule has 0 spiro atoms. The summed E-state index contributed by atoms with van der Waals surface area (Å²) < 4.78 is 4.80. The van der Waals surface area contributed by atoms with Crippen molar-refractivity contribution in [3.63, 3.8) is 0 Å². The van der Waals surface area contributed by atoms with Crippen LogP contribution in [0.2, 0.25) is 0 Å². The number of nitrogens with zero attached hydrogens (tertiary/aromatic N) is 4. The summed E-state index contributed by atoms with van der Waals surface area (Å²) in [6.45, 7) is 0. The highest BCUT2D eigenvalue weighted by Crippen LogP contribution is 2.40. The highest BCUT2D eigenvalue weighted by molar-refractivity contribution is 6.19. The number of benzene rings is 8. The van der Waals surface area contributed by atoms with E-state index in [4.69, 9.17) is 9.97 Å². The zero-order valence-electron chi connectivity index (χ0n) is 33.9. The normalized spacial score (nSPS) is 13.9. The highest BCUT2D eigenvalue weighted by Gasteiger charge is 2.20. The van der Waals surface area contributed by atoms with Crippen molar-refractivity contribution in [2.75, 3.05) is 0 Å². The van der Waals surface area contributed by atoms with E-state index in [0.29, 0.717) is 5.92 Å². The van der Waals surface area contributed by atoms with Gasteiger partial charge in [-0.3, -0.25) is 0 Å². The van der Waals surface area contributed by atoms with Crippen LogP contribution in [0.25, 0.3) is 94.2 Å². The van der Waals surface area contributed by atoms with Crippen molar-refractivity contribution < 1.29 is 0 Å². The molecule has 4 heteroatoms. The SMILES string of the molecule is C1=CC(c2ccc(-c3ccccc3)cc2)CC=C1c1nc(-c2ccccc2)cc(-c2ccc(-n3c4ccccc4c4cc5c6ccccc6n(-c6ccccc6)c5cc43)cc2)n1. The molecule has 3 aromatic heterocycles. The molecule has 8 aromatic carbocycles. The summed E-state index contributed by atoms with van der Waals surface area (Å²) >= 11 is 0. The number of para-hydroxylation sites is 3. The maximum Gasteiger partial charge on any atom is 0.160 e. The van der Waals surface area contributed by atoms with Crippen molar-refractivity contribution in [2.24, 2.45) is 0 Å². The van der Waals surface area contributed by atoms with Gasteiger partial charge in [-0.2, -0.15) is 0 Å². The van der Waals surface area contributed by atoms with E-state index in [2.05, 4.69) is 228 Å². The van der Waals surface area contributed by atoms with E-state index >= 15 is 0 Å². The molecule has 0 aliphatic heterocycles. The van der Waals surface area contributed by atoms with E-state index in [-0.39, 0.29) is 0 Å². The average Bonchev–Trinajstić information content (AvgIpc) is 3.86. The Labute approximate surface area is 360 Å². The summed E-state index contributed by atoms with van der Waals surface area (Å²) in [5.74, 6) is 1.03. The van der Waals surface area contributed by atoms with Crippen molar-refractivity contribution in [1.82, 2.24) is 19.1 Å². The van der Waals surface area contributed by atoms with E-state index in [1.807, 2.05) is 6.07 Å². The van der Waals surface area contributed by atoms with Crippen LogP contribution in [0.3, 0.4) is 0 Å². The summed E-state index contributed by atoms with van der Waals surface area (Å²) in [5.41, 5.74) is 15.7. The Morgan fingerprint density at radius 1 is 0.387 bits per heavy atom. The Balaban J connectivity index is 0.926. The van der Waals surface area contributed by atoms with E-state index < -0.39 is 0 Å². The summed E-state index contributed by atoms with van der Waals surface area (Å²) in [7, 11) is 0. The molecule has 1 aliphatic carbocycles. The molecule has 0 saturated carbocycles. The highest BCUT2D eigenvalue weighted by atomic mass is 15.0. The minimum absolute atomic E-state index is 0.298. The first kappa shape index (κ1) is 35.8. The van der Waals surface area contributed by atoms with Crippen molar-refractivity contribution >= 4 is 49.2 Å². The Morgan fingerprint density at radius 2 is 0.871 bits per heavy atom. The van der Waals surface area contributed by atoms with Crippen LogP contribution in [0.15, 0.2) is 224 Å². The largest absolute Gasteiger partial charge is 0.309 e. The van der Waals surface area contributed by atoms with Gasteiger partial charge in [-0.15, -0.1) is 0 Å². The van der Waals surface area contributed by atoms with Gasteiger partial charge in [0.25, 0.3) is 0 Å². The monoisotopic (exact) mass is 792 g/mol. The topological polar surface area (TPSA) is 35.6 Å². The van der Waals surface area contributed by atoms with Gasteiger partial charge in [0, 0.05) is 55.5 Å². The molecule has 1 aliphatic rings. The standard InChI is InChI=1S/C58H40N4/c1-4-14-39(15-5-1)40-24-26-41(27-25-40)42-28-30-45(31-29-42)58-59-52(43-16-6-2-7-17-43)37-53(60-58)44-32-34-47(35-33-44)62-55-23-13-11-21-49(55)51-36-50-48-20-10-12-22-54(48)61(56(50)38-57(51)62)46-18-8-3-9-19-46/h1-28,30-38,42H,29H2. The first-order chi connectivity index (χ1) is 30.7. The first-order valence-corrected chi connectivity index (χ1v) is 21.3. The maximum atomic E-state index is 5.24. The molecule has 0 bridgehead atoms.